The molecule has 10 rings (SSSR count). The van der Waals surface area contributed by atoms with E-state index >= 15 is 4.39 Å². The third-order valence-electron chi connectivity index (χ3n) is 14.1. The number of nitrogens with zero attached hydrogens (tertiary/aromatic N) is 5. The van der Waals surface area contributed by atoms with Gasteiger partial charge < -0.3 is 38.3 Å². The summed E-state index contributed by atoms with van der Waals surface area (Å²) in [7, 11) is 4.10. The van der Waals surface area contributed by atoms with Gasteiger partial charge in [0.05, 0.1) is 25.3 Å². The second kappa shape index (κ2) is 19.3. The number of furan rings is 2. The number of carbonyl (C=O) groups excluding carboxylic acids is 2. The molecule has 0 aliphatic carbocycles. The van der Waals surface area contributed by atoms with Crippen molar-refractivity contribution in [2.45, 2.75) is 39.3 Å². The standard InChI is InChI=1S/C55H55ClFN5O8/c1-6-67-54(65)42-31(3)69-52-36-14-10-8-12-34(36)51(64)47(44(42)52)49(62-26-22-60(5)23-27-62)38-17-16-32(28-39(38)57)29-40-43(55(66)68-7-2)45-46(50(63)35-13-9-11-15-37(35)53(45)70-40)48(33-18-19-58-41(56)30-33)61-24-20-59(4)21-25-61/h8-19,28,30,48-49,63-64H,6-7,20-27,29H2,1-5H3. The summed E-state index contributed by atoms with van der Waals surface area (Å²) in [6.07, 6.45) is 1.61. The van der Waals surface area contributed by atoms with E-state index in [1.165, 1.54) is 6.07 Å². The lowest BCUT2D eigenvalue weighted by Crippen LogP contribution is -2.46. The van der Waals surface area contributed by atoms with Crippen molar-refractivity contribution < 1.29 is 42.5 Å². The molecule has 0 amide bonds. The molecule has 13 nitrogen and oxygen atoms in total. The first-order valence-electron chi connectivity index (χ1n) is 23.8. The summed E-state index contributed by atoms with van der Waals surface area (Å²) in [6.45, 7) is 10.6. The highest BCUT2D eigenvalue weighted by Crippen LogP contribution is 2.50. The Morgan fingerprint density at radius 2 is 1.21 bits per heavy atom. The first-order chi connectivity index (χ1) is 33.9. The number of halogens is 2. The van der Waals surface area contributed by atoms with Gasteiger partial charge in [0.25, 0.3) is 0 Å². The van der Waals surface area contributed by atoms with Crippen LogP contribution in [0.25, 0.3) is 43.5 Å². The maximum Gasteiger partial charge on any atom is 0.342 e. The van der Waals surface area contributed by atoms with Gasteiger partial charge in [-0.2, -0.15) is 0 Å². The average Bonchev–Trinajstić information content (AvgIpc) is 3.90. The first kappa shape index (κ1) is 47.1. The Bertz CT molecular complexity index is 3320. The summed E-state index contributed by atoms with van der Waals surface area (Å²) in [4.78, 5) is 41.4. The minimum atomic E-state index is -0.869. The molecule has 2 N–H and O–H groups in total. The monoisotopic (exact) mass is 967 g/mol. The SMILES string of the molecule is CCOC(=O)c1c(Cc2ccc(C(c3c(O)c4ccccc4c4oc(C)c(C(=O)OCC)c34)N3CCN(C)CC3)c(F)c2)oc2c1c(C(c1ccnc(Cl)c1)N1CCN(C)CC1)c(O)c1ccccc12. The number of aryl methyl sites for hydroxylation is 1. The summed E-state index contributed by atoms with van der Waals surface area (Å²) < 4.78 is 42.2. The number of rotatable bonds is 12. The van der Waals surface area contributed by atoms with Crippen molar-refractivity contribution in [2.24, 2.45) is 0 Å². The number of esters is 2. The van der Waals surface area contributed by atoms with E-state index in [0.29, 0.717) is 105 Å². The number of ether oxygens (including phenoxy) is 2. The van der Waals surface area contributed by atoms with E-state index < -0.39 is 29.8 Å². The van der Waals surface area contributed by atoms with Crippen LogP contribution in [0.2, 0.25) is 5.15 Å². The predicted octanol–water partition coefficient (Wildman–Crippen LogP) is 10.0. The van der Waals surface area contributed by atoms with E-state index in [1.807, 2.05) is 55.6 Å². The van der Waals surface area contributed by atoms with Crippen LogP contribution in [0.5, 0.6) is 11.5 Å². The molecule has 15 heteroatoms. The average molecular weight is 969 g/mol. The number of benzene rings is 5. The molecule has 2 unspecified atom stereocenters. The Hall–Kier alpha value is -6.55. The number of likely N-dealkylation sites (N-methyl/N-ethyl adjacent to an activating group) is 2. The van der Waals surface area contributed by atoms with E-state index in [0.717, 1.165) is 18.7 Å². The van der Waals surface area contributed by atoms with Gasteiger partial charge >= 0.3 is 11.9 Å². The molecule has 2 saturated heterocycles. The molecule has 2 fully saturated rings. The number of fused-ring (bicyclic) bond motifs is 6. The van der Waals surface area contributed by atoms with Crippen LogP contribution in [-0.2, 0) is 15.9 Å². The number of piperazine rings is 2. The van der Waals surface area contributed by atoms with Crippen molar-refractivity contribution in [1.82, 2.24) is 24.6 Å². The lowest BCUT2D eigenvalue weighted by Gasteiger charge is -2.39. The normalized spacial score (nSPS) is 16.4. The Morgan fingerprint density at radius 3 is 1.77 bits per heavy atom. The van der Waals surface area contributed by atoms with Crippen LogP contribution in [-0.4, -0.2) is 126 Å². The van der Waals surface area contributed by atoms with Gasteiger partial charge in [-0.05, 0) is 64.2 Å². The first-order valence-corrected chi connectivity index (χ1v) is 24.2. The summed E-state index contributed by atoms with van der Waals surface area (Å²) in [6, 6.07) is 21.8. The third kappa shape index (κ3) is 8.30. The van der Waals surface area contributed by atoms with Gasteiger partial charge in [-0.15, -0.1) is 0 Å². The van der Waals surface area contributed by atoms with Gasteiger partial charge in [-0.1, -0.05) is 72.3 Å². The molecule has 0 bridgehead atoms. The van der Waals surface area contributed by atoms with Gasteiger partial charge in [-0.25, -0.2) is 19.0 Å². The summed E-state index contributed by atoms with van der Waals surface area (Å²) in [5.74, 6) is -1.35. The third-order valence-corrected chi connectivity index (χ3v) is 14.3. The van der Waals surface area contributed by atoms with Crippen LogP contribution >= 0.6 is 11.6 Å². The fraction of sp³-hybridized carbons (Fsp3) is 0.327. The molecule has 5 aromatic carbocycles. The van der Waals surface area contributed by atoms with E-state index in [1.54, 1.807) is 51.2 Å². The second-order valence-electron chi connectivity index (χ2n) is 18.3. The smallest absolute Gasteiger partial charge is 0.342 e. The van der Waals surface area contributed by atoms with Gasteiger partial charge in [0.15, 0.2) is 0 Å². The van der Waals surface area contributed by atoms with Gasteiger partial charge in [0.2, 0.25) is 0 Å². The van der Waals surface area contributed by atoms with Crippen LogP contribution in [0.3, 0.4) is 0 Å². The summed E-state index contributed by atoms with van der Waals surface area (Å²) >= 11 is 6.56. The predicted molar refractivity (Wildman–Crippen MR) is 268 cm³/mol. The lowest BCUT2D eigenvalue weighted by atomic mass is 9.87. The molecule has 2 aliphatic rings. The fourth-order valence-electron chi connectivity index (χ4n) is 10.7. The molecular weight excluding hydrogens is 913 g/mol. The fourth-order valence-corrected chi connectivity index (χ4v) is 10.9. The molecule has 8 aromatic rings. The molecule has 362 valence electrons. The lowest BCUT2D eigenvalue weighted by molar-refractivity contribution is 0.0516. The number of carbonyl (C=O) groups is 2. The number of aromatic hydroxyl groups is 2. The number of hydrogen-bond acceptors (Lipinski definition) is 13. The number of aromatic nitrogens is 1. The molecule has 0 spiro atoms. The van der Waals surface area contributed by atoms with E-state index in [2.05, 4.69) is 31.6 Å². The molecule has 3 aromatic heterocycles. The zero-order valence-electron chi connectivity index (χ0n) is 39.9. The van der Waals surface area contributed by atoms with Crippen LogP contribution in [0.4, 0.5) is 4.39 Å². The van der Waals surface area contributed by atoms with Crippen LogP contribution in [0.15, 0.2) is 93.9 Å². The summed E-state index contributed by atoms with van der Waals surface area (Å²) in [5, 5.41) is 28.3. The van der Waals surface area contributed by atoms with E-state index in [-0.39, 0.29) is 58.7 Å². The molecule has 0 saturated carbocycles. The van der Waals surface area contributed by atoms with Crippen LogP contribution < -0.4 is 0 Å². The zero-order chi connectivity index (χ0) is 49.0. The van der Waals surface area contributed by atoms with Crippen LogP contribution in [0, 0.1) is 12.7 Å². The Morgan fingerprint density at radius 1 is 0.700 bits per heavy atom. The van der Waals surface area contributed by atoms with Crippen LogP contribution in [0.1, 0.15) is 86.0 Å². The number of hydrogen-bond donors (Lipinski definition) is 2. The Kier molecular flexibility index (Phi) is 13.0. The minimum absolute atomic E-state index is 0.00631. The van der Waals surface area contributed by atoms with E-state index in [9.17, 15) is 19.8 Å². The van der Waals surface area contributed by atoms with Gasteiger partial charge in [-0.3, -0.25) is 9.80 Å². The molecular formula is C55H55ClFN5O8. The number of phenols is 2. The van der Waals surface area contributed by atoms with Crippen molar-refractivity contribution in [1.29, 1.82) is 0 Å². The minimum Gasteiger partial charge on any atom is -0.507 e. The number of pyridine rings is 1. The molecule has 2 aliphatic heterocycles. The topological polar surface area (TPSA) is 145 Å². The Labute approximate surface area is 409 Å². The molecule has 0 radical (unpaired) electrons. The largest absolute Gasteiger partial charge is 0.507 e. The van der Waals surface area contributed by atoms with Crippen molar-refractivity contribution in [3.63, 3.8) is 0 Å². The Balaban J connectivity index is 1.16. The summed E-state index contributed by atoms with van der Waals surface area (Å²) in [5.41, 5.74) is 3.45. The van der Waals surface area contributed by atoms with Crippen molar-refractivity contribution in [2.75, 3.05) is 79.7 Å². The maximum atomic E-state index is 17.6. The molecule has 2 atom stereocenters. The van der Waals surface area contributed by atoms with Crippen molar-refractivity contribution in [3.8, 4) is 11.5 Å². The highest BCUT2D eigenvalue weighted by molar-refractivity contribution is 6.29. The maximum absolute atomic E-state index is 17.6. The zero-order valence-corrected chi connectivity index (χ0v) is 40.6. The molecule has 70 heavy (non-hydrogen) atoms. The quantitative estimate of drug-likeness (QED) is 0.0886. The van der Waals surface area contributed by atoms with E-state index in [4.69, 9.17) is 29.9 Å². The molecule has 5 heterocycles. The second-order valence-corrected chi connectivity index (χ2v) is 18.7. The van der Waals surface area contributed by atoms with Crippen molar-refractivity contribution in [3.05, 3.63) is 146 Å². The highest BCUT2D eigenvalue weighted by atomic mass is 35.5. The van der Waals surface area contributed by atoms with Crippen molar-refractivity contribution >= 4 is 67.0 Å². The van der Waals surface area contributed by atoms with Gasteiger partial charge in [0.1, 0.15) is 56.3 Å². The van der Waals surface area contributed by atoms with Gasteiger partial charge in [0, 0.05) is 114 Å². The number of phenolic OH excluding ortho intramolecular Hbond substituents is 2. The highest BCUT2D eigenvalue weighted by Gasteiger charge is 2.38.